The number of nitrogens with zero attached hydrogens (tertiary/aromatic N) is 2. The first-order chi connectivity index (χ1) is 10.0. The maximum atomic E-state index is 12.1. The summed E-state index contributed by atoms with van der Waals surface area (Å²) in [7, 11) is 0. The van der Waals surface area contributed by atoms with Crippen molar-refractivity contribution >= 4 is 12.4 Å². The Morgan fingerprint density at radius 3 is 2.50 bits per heavy atom. The van der Waals surface area contributed by atoms with Crippen LogP contribution in [0.2, 0.25) is 0 Å². The van der Waals surface area contributed by atoms with Crippen molar-refractivity contribution in [2.24, 2.45) is 5.73 Å². The highest BCUT2D eigenvalue weighted by Crippen LogP contribution is 2.36. The highest BCUT2D eigenvalue weighted by molar-refractivity contribution is 5.85. The third-order valence-electron chi connectivity index (χ3n) is 3.66. The van der Waals surface area contributed by atoms with Gasteiger partial charge in [0.1, 0.15) is 5.75 Å². The second kappa shape index (κ2) is 6.58. The van der Waals surface area contributed by atoms with E-state index in [0.29, 0.717) is 18.1 Å². The van der Waals surface area contributed by atoms with Gasteiger partial charge in [0.05, 0.1) is 12.0 Å². The molecule has 1 heterocycles. The smallest absolute Gasteiger partial charge is 0.387 e. The van der Waals surface area contributed by atoms with Crippen LogP contribution < -0.4 is 10.5 Å². The molecular formula is C14H16ClF2N3O2. The van der Waals surface area contributed by atoms with Gasteiger partial charge < -0.3 is 15.0 Å². The Bertz CT molecular complexity index is 615. The molecule has 0 aliphatic heterocycles. The molecule has 0 bridgehead atoms. The minimum Gasteiger partial charge on any atom is -0.435 e. The molecule has 5 nitrogen and oxygen atoms in total. The van der Waals surface area contributed by atoms with Gasteiger partial charge in [-0.1, -0.05) is 17.3 Å². The molecule has 0 unspecified atom stereocenters. The van der Waals surface area contributed by atoms with Crippen LogP contribution in [0.25, 0.3) is 0 Å². The van der Waals surface area contributed by atoms with Crippen molar-refractivity contribution in [1.29, 1.82) is 0 Å². The van der Waals surface area contributed by atoms with Crippen LogP contribution in [-0.4, -0.2) is 16.8 Å². The normalized spacial score (nSPS) is 16.0. The molecule has 1 aliphatic rings. The number of hydrogen-bond donors (Lipinski definition) is 1. The van der Waals surface area contributed by atoms with E-state index in [0.717, 1.165) is 24.8 Å². The number of nitrogens with two attached hydrogens (primary N) is 1. The highest BCUT2D eigenvalue weighted by atomic mass is 35.5. The van der Waals surface area contributed by atoms with E-state index in [1.165, 1.54) is 12.1 Å². The van der Waals surface area contributed by atoms with Crippen molar-refractivity contribution in [3.63, 3.8) is 0 Å². The van der Waals surface area contributed by atoms with Crippen molar-refractivity contribution < 1.29 is 18.0 Å². The number of rotatable bonds is 5. The molecule has 1 saturated carbocycles. The fourth-order valence-corrected chi connectivity index (χ4v) is 2.27. The Labute approximate surface area is 132 Å². The summed E-state index contributed by atoms with van der Waals surface area (Å²) in [6.45, 7) is -2.82. The lowest BCUT2D eigenvalue weighted by atomic mass is 9.77. The Morgan fingerprint density at radius 1 is 1.27 bits per heavy atom. The minimum atomic E-state index is -2.82. The number of ether oxygens (including phenoxy) is 1. The van der Waals surface area contributed by atoms with Gasteiger partial charge in [0.25, 0.3) is 0 Å². The summed E-state index contributed by atoms with van der Waals surface area (Å²) in [6.07, 6.45) is 3.24. The molecule has 2 N–H and O–H groups in total. The van der Waals surface area contributed by atoms with Crippen molar-refractivity contribution in [1.82, 2.24) is 10.1 Å². The third kappa shape index (κ3) is 3.53. The second-order valence-electron chi connectivity index (χ2n) is 5.22. The molecule has 0 saturated heterocycles. The number of aromatic nitrogens is 2. The molecule has 0 atom stereocenters. The fraction of sp³-hybridized carbons (Fsp3) is 0.429. The van der Waals surface area contributed by atoms with Crippen LogP contribution >= 0.6 is 12.4 Å². The summed E-state index contributed by atoms with van der Waals surface area (Å²) in [4.78, 5) is 4.32. The van der Waals surface area contributed by atoms with Crippen LogP contribution in [0.5, 0.6) is 5.75 Å². The highest BCUT2D eigenvalue weighted by Gasteiger charge is 2.38. The van der Waals surface area contributed by atoms with Crippen LogP contribution in [-0.2, 0) is 12.0 Å². The third-order valence-corrected chi connectivity index (χ3v) is 3.66. The molecular weight excluding hydrogens is 316 g/mol. The number of halogens is 3. The van der Waals surface area contributed by atoms with E-state index in [4.69, 9.17) is 10.3 Å². The number of benzene rings is 1. The van der Waals surface area contributed by atoms with E-state index < -0.39 is 12.2 Å². The van der Waals surface area contributed by atoms with E-state index in [1.807, 2.05) is 0 Å². The monoisotopic (exact) mass is 331 g/mol. The Morgan fingerprint density at radius 2 is 1.95 bits per heavy atom. The standard InChI is InChI=1S/C14H15F2N3O2.ClH/c15-13(16)20-10-4-2-9(3-5-10)8-11-18-12(19-21-11)14(17)6-1-7-14;/h2-5,13H,1,6-8,17H2;1H. The Kier molecular flexibility index (Phi) is 4.97. The summed E-state index contributed by atoms with van der Waals surface area (Å²) < 4.78 is 33.6. The first-order valence-electron chi connectivity index (χ1n) is 6.71. The number of alkyl halides is 2. The summed E-state index contributed by atoms with van der Waals surface area (Å²) >= 11 is 0. The van der Waals surface area contributed by atoms with Gasteiger partial charge >= 0.3 is 6.61 Å². The van der Waals surface area contributed by atoms with Crippen LogP contribution in [0.4, 0.5) is 8.78 Å². The van der Waals surface area contributed by atoms with Gasteiger partial charge in [-0.3, -0.25) is 0 Å². The summed E-state index contributed by atoms with van der Waals surface area (Å²) in [5.74, 6) is 1.13. The maximum absolute atomic E-state index is 12.1. The molecule has 1 aromatic carbocycles. The van der Waals surface area contributed by atoms with E-state index in [1.54, 1.807) is 12.1 Å². The van der Waals surface area contributed by atoms with Gasteiger partial charge in [-0.15, -0.1) is 12.4 Å². The average Bonchev–Trinajstić information content (AvgIpc) is 2.86. The molecule has 1 aliphatic carbocycles. The van der Waals surface area contributed by atoms with Crippen molar-refractivity contribution in [2.45, 2.75) is 37.8 Å². The first kappa shape index (κ1) is 16.6. The van der Waals surface area contributed by atoms with Gasteiger partial charge in [0.2, 0.25) is 5.89 Å². The summed E-state index contributed by atoms with van der Waals surface area (Å²) in [5.41, 5.74) is 6.54. The van der Waals surface area contributed by atoms with Gasteiger partial charge in [-0.05, 0) is 37.0 Å². The minimum absolute atomic E-state index is 0. The van der Waals surface area contributed by atoms with Gasteiger partial charge in [-0.25, -0.2) is 0 Å². The average molecular weight is 332 g/mol. The lowest BCUT2D eigenvalue weighted by molar-refractivity contribution is -0.0498. The van der Waals surface area contributed by atoms with Gasteiger partial charge in [0.15, 0.2) is 5.82 Å². The van der Waals surface area contributed by atoms with Gasteiger partial charge in [0, 0.05) is 0 Å². The van der Waals surface area contributed by atoms with E-state index >= 15 is 0 Å². The Balaban J connectivity index is 0.00000176. The second-order valence-corrected chi connectivity index (χ2v) is 5.22. The molecule has 2 aromatic rings. The molecule has 120 valence electrons. The molecule has 1 aromatic heterocycles. The number of hydrogen-bond acceptors (Lipinski definition) is 5. The molecule has 8 heteroatoms. The van der Waals surface area contributed by atoms with Crippen molar-refractivity contribution in [2.75, 3.05) is 0 Å². The first-order valence-corrected chi connectivity index (χ1v) is 6.71. The van der Waals surface area contributed by atoms with Gasteiger partial charge in [-0.2, -0.15) is 13.8 Å². The summed E-state index contributed by atoms with van der Waals surface area (Å²) in [6, 6.07) is 6.33. The largest absolute Gasteiger partial charge is 0.435 e. The lowest BCUT2D eigenvalue weighted by Crippen LogP contribution is -2.44. The topological polar surface area (TPSA) is 74.2 Å². The zero-order valence-corrected chi connectivity index (χ0v) is 12.5. The molecule has 0 amide bonds. The van der Waals surface area contributed by atoms with Crippen molar-refractivity contribution in [3.8, 4) is 5.75 Å². The molecule has 3 rings (SSSR count). The van der Waals surface area contributed by atoms with Crippen LogP contribution in [0.15, 0.2) is 28.8 Å². The maximum Gasteiger partial charge on any atom is 0.387 e. The molecule has 0 radical (unpaired) electrons. The van der Waals surface area contributed by atoms with E-state index in [9.17, 15) is 8.78 Å². The van der Waals surface area contributed by atoms with Crippen LogP contribution in [0, 0.1) is 0 Å². The zero-order chi connectivity index (χ0) is 14.9. The van der Waals surface area contributed by atoms with Crippen molar-refractivity contribution in [3.05, 3.63) is 41.5 Å². The van der Waals surface area contributed by atoms with Crippen LogP contribution in [0.1, 0.15) is 36.5 Å². The lowest BCUT2D eigenvalue weighted by Gasteiger charge is -2.34. The van der Waals surface area contributed by atoms with Crippen LogP contribution in [0.3, 0.4) is 0 Å². The fourth-order valence-electron chi connectivity index (χ4n) is 2.27. The quantitative estimate of drug-likeness (QED) is 0.911. The molecule has 22 heavy (non-hydrogen) atoms. The Hall–Kier alpha value is -1.73. The SMILES string of the molecule is Cl.NC1(c2noc(Cc3ccc(OC(F)F)cc3)n2)CCC1. The predicted molar refractivity (Wildman–Crippen MR) is 77.1 cm³/mol. The predicted octanol–water partition coefficient (Wildman–Crippen LogP) is 3.02. The molecule has 0 spiro atoms. The van der Waals surface area contributed by atoms with E-state index in [-0.39, 0.29) is 18.2 Å². The summed E-state index contributed by atoms with van der Waals surface area (Å²) in [5, 5.41) is 3.93. The van der Waals surface area contributed by atoms with E-state index in [2.05, 4.69) is 14.9 Å². The molecule has 1 fully saturated rings. The zero-order valence-electron chi connectivity index (χ0n) is 11.7.